The molecule has 0 heterocycles. The topological polar surface area (TPSA) is 131 Å². The monoisotopic (exact) mass is 532 g/mol. The van der Waals surface area contributed by atoms with Gasteiger partial charge in [0.1, 0.15) is 17.7 Å². The molecule has 0 saturated carbocycles. The van der Waals surface area contributed by atoms with Crippen molar-refractivity contribution in [1.82, 2.24) is 15.5 Å². The van der Waals surface area contributed by atoms with Gasteiger partial charge < -0.3 is 26.0 Å². The Hall–Kier alpha value is -3.10. The Kier molecular flexibility index (Phi) is 15.1. The van der Waals surface area contributed by atoms with Crippen LogP contribution in [0.5, 0.6) is 0 Å². The number of carbonyl (C=O) groups is 4. The largest absolute Gasteiger partial charge is 0.444 e. The van der Waals surface area contributed by atoms with Crippen molar-refractivity contribution in [3.8, 4) is 0 Å². The molecule has 0 radical (unpaired) electrons. The van der Waals surface area contributed by atoms with Gasteiger partial charge in [-0.1, -0.05) is 82.7 Å². The second-order valence-corrected chi connectivity index (χ2v) is 10.6. The van der Waals surface area contributed by atoms with Gasteiger partial charge >= 0.3 is 6.09 Å². The van der Waals surface area contributed by atoms with Gasteiger partial charge in [-0.25, -0.2) is 4.79 Å². The Bertz CT molecular complexity index is 869. The molecule has 4 N–H and O–H groups in total. The van der Waals surface area contributed by atoms with Crippen LogP contribution >= 0.6 is 0 Å². The number of hydrogen-bond donors (Lipinski definition) is 3. The van der Waals surface area contributed by atoms with Crippen molar-refractivity contribution in [3.05, 3.63) is 35.9 Å². The molecule has 0 saturated heterocycles. The van der Waals surface area contributed by atoms with Crippen molar-refractivity contribution in [2.45, 2.75) is 110 Å². The Labute approximate surface area is 228 Å². The molecule has 214 valence electrons. The molecule has 9 nitrogen and oxygen atoms in total. The number of nitrogens with one attached hydrogen (secondary N) is 2. The number of amides is 4. The number of hydrogen-bond acceptors (Lipinski definition) is 5. The number of nitrogens with two attached hydrogens (primary N) is 1. The van der Waals surface area contributed by atoms with Crippen molar-refractivity contribution in [2.75, 3.05) is 13.1 Å². The molecule has 2 unspecified atom stereocenters. The van der Waals surface area contributed by atoms with Gasteiger partial charge in [0.15, 0.2) is 0 Å². The molecule has 0 aliphatic carbocycles. The first-order chi connectivity index (χ1) is 18.0. The fraction of sp³-hybridized carbons (Fsp3) is 0.655. The van der Waals surface area contributed by atoms with E-state index >= 15 is 0 Å². The molecule has 0 fully saturated rings. The average molecular weight is 533 g/mol. The molecule has 2 atom stereocenters. The second-order valence-electron chi connectivity index (χ2n) is 10.6. The number of primary amides is 1. The SMILES string of the molecule is CCCCCCCCN(C(=O)C(CC(N)=O)NC(=O)OC(C)(C)C)C(C(=O)NCCCC)c1ccccc1. The highest BCUT2D eigenvalue weighted by Crippen LogP contribution is 2.24. The minimum atomic E-state index is -1.27. The highest BCUT2D eigenvalue weighted by molar-refractivity contribution is 5.94. The van der Waals surface area contributed by atoms with Crippen LogP contribution in [0.1, 0.15) is 104 Å². The highest BCUT2D eigenvalue weighted by atomic mass is 16.6. The number of alkyl carbamates (subject to hydrolysis) is 1. The molecule has 0 spiro atoms. The minimum absolute atomic E-state index is 0.289. The number of carbonyl (C=O) groups excluding carboxylic acids is 4. The fourth-order valence-electron chi connectivity index (χ4n) is 4.07. The van der Waals surface area contributed by atoms with Crippen LogP contribution in [-0.2, 0) is 19.1 Å². The number of nitrogens with zero attached hydrogens (tertiary/aromatic N) is 1. The highest BCUT2D eigenvalue weighted by Gasteiger charge is 2.36. The maximum atomic E-state index is 14.0. The summed E-state index contributed by atoms with van der Waals surface area (Å²) in [6.07, 6.45) is 6.45. The standard InChI is InChI=1S/C29H48N4O5/c1-6-8-10-11-12-16-20-33(25(22-17-14-13-15-18-22)26(35)31-19-9-7-2)27(36)23(21-24(30)34)32-28(37)38-29(3,4)5/h13-15,17-18,23,25H,6-12,16,19-21H2,1-5H3,(H2,30,34)(H,31,35)(H,32,37). The molecule has 38 heavy (non-hydrogen) atoms. The van der Waals surface area contributed by atoms with E-state index in [1.807, 2.05) is 25.1 Å². The molecule has 0 aromatic heterocycles. The van der Waals surface area contributed by atoms with E-state index in [4.69, 9.17) is 10.5 Å². The molecule has 1 aromatic carbocycles. The van der Waals surface area contributed by atoms with Crippen LogP contribution < -0.4 is 16.4 Å². The summed E-state index contributed by atoms with van der Waals surface area (Å²) in [6.45, 7) is 10.1. The van der Waals surface area contributed by atoms with E-state index in [9.17, 15) is 19.2 Å². The Morgan fingerprint density at radius 3 is 2.11 bits per heavy atom. The Balaban J connectivity index is 3.34. The van der Waals surface area contributed by atoms with Crippen LogP contribution in [0.4, 0.5) is 4.79 Å². The summed E-state index contributed by atoms with van der Waals surface area (Å²) >= 11 is 0. The molecule has 4 amide bonds. The van der Waals surface area contributed by atoms with E-state index in [1.165, 1.54) is 4.90 Å². The summed E-state index contributed by atoms with van der Waals surface area (Å²) < 4.78 is 5.32. The number of benzene rings is 1. The molecular weight excluding hydrogens is 484 g/mol. The molecule has 1 rings (SSSR count). The van der Waals surface area contributed by atoms with Gasteiger partial charge in [0.05, 0.1) is 6.42 Å². The van der Waals surface area contributed by atoms with Gasteiger partial charge in [-0.15, -0.1) is 0 Å². The first-order valence-electron chi connectivity index (χ1n) is 13.9. The zero-order valence-electron chi connectivity index (χ0n) is 23.9. The second kappa shape index (κ2) is 17.4. The first kappa shape index (κ1) is 32.9. The maximum absolute atomic E-state index is 14.0. The van der Waals surface area contributed by atoms with Crippen LogP contribution in [0.25, 0.3) is 0 Å². The van der Waals surface area contributed by atoms with Crippen molar-refractivity contribution in [1.29, 1.82) is 0 Å². The first-order valence-corrected chi connectivity index (χ1v) is 13.9. The van der Waals surface area contributed by atoms with E-state index in [-0.39, 0.29) is 12.5 Å². The van der Waals surface area contributed by atoms with Crippen molar-refractivity contribution in [3.63, 3.8) is 0 Å². The lowest BCUT2D eigenvalue weighted by Gasteiger charge is -2.34. The third kappa shape index (κ3) is 12.9. The zero-order chi connectivity index (χ0) is 28.6. The summed E-state index contributed by atoms with van der Waals surface area (Å²) in [7, 11) is 0. The third-order valence-electron chi connectivity index (χ3n) is 5.93. The van der Waals surface area contributed by atoms with E-state index in [0.717, 1.165) is 44.9 Å². The van der Waals surface area contributed by atoms with E-state index in [0.29, 0.717) is 18.5 Å². The van der Waals surface area contributed by atoms with Crippen LogP contribution in [0, 0.1) is 0 Å². The van der Waals surface area contributed by atoms with Gasteiger partial charge in [0.25, 0.3) is 0 Å². The third-order valence-corrected chi connectivity index (χ3v) is 5.93. The molecule has 0 aliphatic heterocycles. The van der Waals surface area contributed by atoms with E-state index < -0.39 is 42.0 Å². The lowest BCUT2D eigenvalue weighted by Crippen LogP contribution is -2.54. The van der Waals surface area contributed by atoms with Crippen molar-refractivity contribution >= 4 is 23.8 Å². The summed E-state index contributed by atoms with van der Waals surface area (Å²) in [5.41, 5.74) is 5.30. The zero-order valence-corrected chi connectivity index (χ0v) is 23.9. The van der Waals surface area contributed by atoms with Gasteiger partial charge in [-0.2, -0.15) is 0 Å². The summed E-state index contributed by atoms with van der Waals surface area (Å²) in [6, 6.07) is 6.88. The molecule has 1 aromatic rings. The lowest BCUT2D eigenvalue weighted by molar-refractivity contribution is -0.143. The molecule has 0 bridgehead atoms. The van der Waals surface area contributed by atoms with E-state index in [2.05, 4.69) is 17.6 Å². The average Bonchev–Trinajstić information content (AvgIpc) is 2.83. The minimum Gasteiger partial charge on any atom is -0.444 e. The number of ether oxygens (including phenoxy) is 1. The van der Waals surface area contributed by atoms with Gasteiger partial charge in [0.2, 0.25) is 17.7 Å². The fourth-order valence-corrected chi connectivity index (χ4v) is 4.07. The predicted octanol–water partition coefficient (Wildman–Crippen LogP) is 4.60. The summed E-state index contributed by atoms with van der Waals surface area (Å²) in [4.78, 5) is 53.4. The molecular formula is C29H48N4O5. The normalized spacial score (nSPS) is 12.8. The molecule has 0 aliphatic rings. The number of rotatable bonds is 17. The van der Waals surface area contributed by atoms with Crippen molar-refractivity contribution in [2.24, 2.45) is 5.73 Å². The summed E-state index contributed by atoms with van der Waals surface area (Å²) in [5, 5.41) is 5.47. The van der Waals surface area contributed by atoms with Gasteiger partial charge in [0, 0.05) is 13.1 Å². The quantitative estimate of drug-likeness (QED) is 0.252. The summed E-state index contributed by atoms with van der Waals surface area (Å²) in [5.74, 6) is -1.61. The van der Waals surface area contributed by atoms with Crippen LogP contribution in [0.15, 0.2) is 30.3 Å². The predicted molar refractivity (Wildman–Crippen MR) is 149 cm³/mol. The Morgan fingerprint density at radius 2 is 1.53 bits per heavy atom. The maximum Gasteiger partial charge on any atom is 0.408 e. The smallest absolute Gasteiger partial charge is 0.408 e. The lowest BCUT2D eigenvalue weighted by atomic mass is 10.0. The molecule has 9 heteroatoms. The van der Waals surface area contributed by atoms with Gasteiger partial charge in [-0.05, 0) is 39.2 Å². The van der Waals surface area contributed by atoms with Crippen LogP contribution in [0.3, 0.4) is 0 Å². The Morgan fingerprint density at radius 1 is 0.921 bits per heavy atom. The van der Waals surface area contributed by atoms with Crippen molar-refractivity contribution < 1.29 is 23.9 Å². The number of unbranched alkanes of at least 4 members (excludes halogenated alkanes) is 6. The van der Waals surface area contributed by atoms with E-state index in [1.54, 1.807) is 32.9 Å². The van der Waals surface area contributed by atoms with Crippen LogP contribution in [0.2, 0.25) is 0 Å². The van der Waals surface area contributed by atoms with Gasteiger partial charge in [-0.3, -0.25) is 14.4 Å². The van der Waals surface area contributed by atoms with Crippen LogP contribution in [-0.4, -0.2) is 53.4 Å².